The molecule has 1 aliphatic heterocycles. The standard InChI is InChI=1S/C19H18F6N4O3S/c1-11-26-10-29(27-11)12-2-3-15(14(8-12)18(20,21)22)33(31,32)13-4-7-28(9-13)16(30)17(5-6-17)19(23,24)25/h2-3,8,10,13H,4-7,9H2,1H3. The van der Waals surface area contributed by atoms with Gasteiger partial charge in [-0.05, 0) is 44.4 Å². The predicted octanol–water partition coefficient (Wildman–Crippen LogP) is 3.31. The lowest BCUT2D eigenvalue weighted by molar-refractivity contribution is -0.197. The molecule has 7 nitrogen and oxygen atoms in total. The van der Waals surface area contributed by atoms with Gasteiger partial charge in [-0.25, -0.2) is 18.1 Å². The summed E-state index contributed by atoms with van der Waals surface area (Å²) in [5.74, 6) is -0.927. The Kier molecular flexibility index (Phi) is 5.30. The predicted molar refractivity (Wildman–Crippen MR) is 101 cm³/mol. The molecule has 1 aliphatic carbocycles. The van der Waals surface area contributed by atoms with Gasteiger partial charge in [0.15, 0.2) is 9.84 Å². The van der Waals surface area contributed by atoms with Crippen LogP contribution in [0.4, 0.5) is 26.3 Å². The normalized spacial score (nSPS) is 20.8. The topological polar surface area (TPSA) is 85.2 Å². The highest BCUT2D eigenvalue weighted by atomic mass is 32.2. The van der Waals surface area contributed by atoms with Crippen molar-refractivity contribution in [3.8, 4) is 5.69 Å². The molecule has 1 saturated heterocycles. The van der Waals surface area contributed by atoms with E-state index >= 15 is 0 Å². The van der Waals surface area contributed by atoms with Crippen LogP contribution in [0.2, 0.25) is 0 Å². The highest BCUT2D eigenvalue weighted by Gasteiger charge is 2.69. The van der Waals surface area contributed by atoms with Crippen molar-refractivity contribution in [1.29, 1.82) is 0 Å². The van der Waals surface area contributed by atoms with E-state index in [2.05, 4.69) is 10.1 Å². The fourth-order valence-electron chi connectivity index (χ4n) is 3.99. The molecular weight excluding hydrogens is 478 g/mol. The van der Waals surface area contributed by atoms with E-state index in [1.54, 1.807) is 0 Å². The minimum Gasteiger partial charge on any atom is -0.341 e. The van der Waals surface area contributed by atoms with E-state index in [9.17, 15) is 39.6 Å². The summed E-state index contributed by atoms with van der Waals surface area (Å²) in [6.07, 6.45) is -9.65. The van der Waals surface area contributed by atoms with Crippen molar-refractivity contribution in [2.24, 2.45) is 5.41 Å². The van der Waals surface area contributed by atoms with Gasteiger partial charge in [0.2, 0.25) is 5.91 Å². The second-order valence-corrected chi connectivity index (χ2v) is 10.4. The molecule has 0 N–H and O–H groups in total. The Morgan fingerprint density at radius 3 is 2.33 bits per heavy atom. The molecular formula is C19H18F6N4O3S. The molecule has 2 aromatic rings. The molecule has 180 valence electrons. The van der Waals surface area contributed by atoms with Crippen molar-refractivity contribution in [3.05, 3.63) is 35.9 Å². The largest absolute Gasteiger partial charge is 0.417 e. The Morgan fingerprint density at radius 2 is 1.82 bits per heavy atom. The van der Waals surface area contributed by atoms with Crippen LogP contribution in [-0.2, 0) is 20.8 Å². The molecule has 1 saturated carbocycles. The number of benzene rings is 1. The van der Waals surface area contributed by atoms with Crippen LogP contribution in [0.5, 0.6) is 0 Å². The molecule has 2 fully saturated rings. The molecule has 1 aromatic heterocycles. The Balaban J connectivity index is 1.64. The van der Waals surface area contributed by atoms with Crippen LogP contribution in [0.1, 0.15) is 30.7 Å². The van der Waals surface area contributed by atoms with Crippen LogP contribution in [0.3, 0.4) is 0 Å². The SMILES string of the molecule is Cc1ncn(-c2ccc(S(=O)(=O)C3CCN(C(=O)C4(C(F)(F)F)CC4)C3)c(C(F)(F)F)c2)n1. The first-order valence-corrected chi connectivity index (χ1v) is 11.4. The van der Waals surface area contributed by atoms with Gasteiger partial charge in [-0.2, -0.15) is 31.4 Å². The van der Waals surface area contributed by atoms with E-state index < -0.39 is 55.8 Å². The lowest BCUT2D eigenvalue weighted by Crippen LogP contribution is -2.43. The Bertz CT molecular complexity index is 1200. The lowest BCUT2D eigenvalue weighted by atomic mass is 10.1. The maximum Gasteiger partial charge on any atom is 0.417 e. The zero-order chi connectivity index (χ0) is 24.4. The Labute approximate surface area is 184 Å². The van der Waals surface area contributed by atoms with Crippen LogP contribution >= 0.6 is 0 Å². The van der Waals surface area contributed by atoms with Crippen molar-refractivity contribution in [3.63, 3.8) is 0 Å². The van der Waals surface area contributed by atoms with Gasteiger partial charge in [-0.3, -0.25) is 4.79 Å². The monoisotopic (exact) mass is 496 g/mol. The van der Waals surface area contributed by atoms with Gasteiger partial charge in [0.1, 0.15) is 17.6 Å². The average molecular weight is 496 g/mol. The molecule has 0 spiro atoms. The number of amides is 1. The first-order chi connectivity index (χ1) is 15.2. The summed E-state index contributed by atoms with van der Waals surface area (Å²) >= 11 is 0. The molecule has 1 unspecified atom stereocenters. The third-order valence-electron chi connectivity index (χ3n) is 6.02. The quantitative estimate of drug-likeness (QED) is 0.607. The number of alkyl halides is 6. The molecule has 2 heterocycles. The molecule has 0 radical (unpaired) electrons. The van der Waals surface area contributed by atoms with Gasteiger partial charge in [-0.15, -0.1) is 0 Å². The number of rotatable bonds is 4. The first kappa shape index (κ1) is 23.5. The number of nitrogens with zero attached hydrogens (tertiary/aromatic N) is 4. The van der Waals surface area contributed by atoms with Crippen molar-refractivity contribution >= 4 is 15.7 Å². The maximum absolute atomic E-state index is 13.8. The summed E-state index contributed by atoms with van der Waals surface area (Å²) in [7, 11) is -4.61. The molecule has 1 atom stereocenters. The van der Waals surface area contributed by atoms with Gasteiger partial charge in [0, 0.05) is 13.1 Å². The number of halogens is 6. The summed E-state index contributed by atoms with van der Waals surface area (Å²) in [5.41, 5.74) is -4.00. The second-order valence-electron chi connectivity index (χ2n) is 8.20. The first-order valence-electron chi connectivity index (χ1n) is 9.87. The number of carbonyl (C=O) groups excluding carboxylic acids is 1. The maximum atomic E-state index is 13.8. The molecule has 1 aromatic carbocycles. The summed E-state index contributed by atoms with van der Waals surface area (Å²) in [6.45, 7) is 0.649. The van der Waals surface area contributed by atoms with Crippen molar-refractivity contribution in [2.45, 2.75) is 48.7 Å². The second kappa shape index (κ2) is 7.43. The Morgan fingerprint density at radius 1 is 1.15 bits per heavy atom. The van der Waals surface area contributed by atoms with Crippen LogP contribution in [0.25, 0.3) is 5.69 Å². The van der Waals surface area contributed by atoms with Gasteiger partial charge in [0.05, 0.1) is 21.4 Å². The van der Waals surface area contributed by atoms with Crippen LogP contribution in [0.15, 0.2) is 29.4 Å². The smallest absolute Gasteiger partial charge is 0.341 e. The minimum atomic E-state index is -5.03. The average Bonchev–Trinajstić information content (AvgIpc) is 3.19. The third kappa shape index (κ3) is 3.97. The van der Waals surface area contributed by atoms with E-state index in [1.165, 1.54) is 13.3 Å². The minimum absolute atomic E-state index is 0.0639. The lowest BCUT2D eigenvalue weighted by Gasteiger charge is -2.25. The number of sulfone groups is 1. The fourth-order valence-corrected chi connectivity index (χ4v) is 5.88. The highest BCUT2D eigenvalue weighted by Crippen LogP contribution is 2.59. The van der Waals surface area contributed by atoms with Crippen LogP contribution in [-0.4, -0.2) is 58.5 Å². The molecule has 0 bridgehead atoms. The number of hydrogen-bond acceptors (Lipinski definition) is 5. The molecule has 1 amide bonds. The fraction of sp³-hybridized carbons (Fsp3) is 0.526. The van der Waals surface area contributed by atoms with Crippen LogP contribution < -0.4 is 0 Å². The van der Waals surface area contributed by atoms with Crippen molar-refractivity contribution in [2.75, 3.05) is 13.1 Å². The summed E-state index contributed by atoms with van der Waals surface area (Å²) in [6, 6.07) is 2.56. The summed E-state index contributed by atoms with van der Waals surface area (Å²) in [5, 5.41) is 2.45. The van der Waals surface area contributed by atoms with E-state index in [1.807, 2.05) is 0 Å². The van der Waals surface area contributed by atoms with E-state index in [-0.39, 0.29) is 31.5 Å². The summed E-state index contributed by atoms with van der Waals surface area (Å²) in [4.78, 5) is 16.1. The van der Waals surface area contributed by atoms with Crippen molar-refractivity contribution in [1.82, 2.24) is 19.7 Å². The number of aromatic nitrogens is 3. The van der Waals surface area contributed by atoms with E-state index in [0.717, 1.165) is 21.7 Å². The Hall–Kier alpha value is -2.64. The number of aryl methyl sites for hydroxylation is 1. The van der Waals surface area contributed by atoms with Gasteiger partial charge < -0.3 is 4.90 Å². The van der Waals surface area contributed by atoms with Gasteiger partial charge >= 0.3 is 12.4 Å². The van der Waals surface area contributed by atoms with Gasteiger partial charge in [-0.1, -0.05) is 0 Å². The number of hydrogen-bond donors (Lipinski definition) is 0. The zero-order valence-electron chi connectivity index (χ0n) is 17.1. The third-order valence-corrected chi connectivity index (χ3v) is 8.25. The van der Waals surface area contributed by atoms with Gasteiger partial charge in [0.25, 0.3) is 0 Å². The highest BCUT2D eigenvalue weighted by molar-refractivity contribution is 7.92. The van der Waals surface area contributed by atoms with E-state index in [0.29, 0.717) is 11.9 Å². The summed E-state index contributed by atoms with van der Waals surface area (Å²) < 4.78 is 108. The number of likely N-dealkylation sites (tertiary alicyclic amines) is 1. The van der Waals surface area contributed by atoms with Crippen LogP contribution in [0, 0.1) is 12.3 Å². The van der Waals surface area contributed by atoms with Crippen molar-refractivity contribution < 1.29 is 39.6 Å². The molecule has 2 aliphatic rings. The number of carbonyl (C=O) groups is 1. The molecule has 4 rings (SSSR count). The van der Waals surface area contributed by atoms with E-state index in [4.69, 9.17) is 0 Å². The molecule has 14 heteroatoms. The zero-order valence-corrected chi connectivity index (χ0v) is 17.9. The molecule has 33 heavy (non-hydrogen) atoms.